The number of rotatable bonds is 6. The van der Waals surface area contributed by atoms with Gasteiger partial charge in [0.2, 0.25) is 5.91 Å². The summed E-state index contributed by atoms with van der Waals surface area (Å²) in [4.78, 5) is 63.7. The lowest BCUT2D eigenvalue weighted by molar-refractivity contribution is -0.148. The molecule has 2 aliphatic rings. The molecule has 0 saturated heterocycles. The van der Waals surface area contributed by atoms with Crippen LogP contribution in [0.4, 0.5) is 8.78 Å². The first-order valence-electron chi connectivity index (χ1n) is 14.6. The monoisotopic (exact) mass is 667 g/mol. The van der Waals surface area contributed by atoms with Crippen LogP contribution in [-0.2, 0) is 39.5 Å². The molecule has 3 N–H and O–H groups in total. The minimum atomic E-state index is -5.77. The smallest absolute Gasteiger partial charge is 0.339 e. The minimum Gasteiger partial charge on any atom is -0.339 e. The molecular weight excluding hydrogens is 635 g/mol. The number of amides is 3. The largest absolute Gasteiger partial charge is 0.399 e. The topological polar surface area (TPSA) is 127 Å². The van der Waals surface area contributed by atoms with Gasteiger partial charge in [0.1, 0.15) is 12.1 Å². The van der Waals surface area contributed by atoms with Crippen molar-refractivity contribution in [3.63, 3.8) is 0 Å². The van der Waals surface area contributed by atoms with Crippen molar-refractivity contribution < 1.29 is 37.5 Å². The highest BCUT2D eigenvalue weighted by molar-refractivity contribution is 7.52. The van der Waals surface area contributed by atoms with E-state index in [2.05, 4.69) is 5.32 Å². The van der Waals surface area contributed by atoms with E-state index < -0.39 is 48.1 Å². The predicted octanol–water partition coefficient (Wildman–Crippen LogP) is 5.90. The maximum atomic E-state index is 14.4. The number of thiophene rings is 1. The molecule has 0 aliphatic carbocycles. The number of nitrogens with one attached hydrogen (secondary N) is 1. The van der Waals surface area contributed by atoms with Crippen molar-refractivity contribution >= 4 is 46.7 Å². The quantitative estimate of drug-likeness (QED) is 0.220. The van der Waals surface area contributed by atoms with Crippen LogP contribution >= 0.6 is 18.9 Å². The van der Waals surface area contributed by atoms with E-state index in [0.717, 1.165) is 45.7 Å². The second kappa shape index (κ2) is 11.4. The van der Waals surface area contributed by atoms with Gasteiger partial charge in [-0.3, -0.25) is 18.9 Å². The first-order chi connectivity index (χ1) is 21.6. The summed E-state index contributed by atoms with van der Waals surface area (Å²) in [7, 11) is -5.77. The van der Waals surface area contributed by atoms with Gasteiger partial charge in [0.15, 0.2) is 0 Å². The highest BCUT2D eigenvalue weighted by Crippen LogP contribution is 2.59. The van der Waals surface area contributed by atoms with Crippen molar-refractivity contribution in [3.05, 3.63) is 105 Å². The Labute approximate surface area is 268 Å². The minimum absolute atomic E-state index is 0.126. The number of benzene rings is 3. The highest BCUT2D eigenvalue weighted by atomic mass is 32.1. The maximum Gasteiger partial charge on any atom is 0.399 e. The normalized spacial score (nSPS) is 17.2. The number of hydrogen-bond donors (Lipinski definition) is 3. The zero-order chi connectivity index (χ0) is 33.2. The summed E-state index contributed by atoms with van der Waals surface area (Å²) in [6, 6.07) is 17.8. The Balaban J connectivity index is 1.28. The Morgan fingerprint density at radius 3 is 2.13 bits per heavy atom. The fourth-order valence-corrected chi connectivity index (χ4v) is 7.47. The van der Waals surface area contributed by atoms with Crippen molar-refractivity contribution in [2.24, 2.45) is 5.41 Å². The van der Waals surface area contributed by atoms with E-state index in [9.17, 15) is 27.7 Å². The van der Waals surface area contributed by atoms with Crippen molar-refractivity contribution in [3.8, 4) is 0 Å². The SMILES string of the molecule is CC(C)(C)[C@H](NC(=O)c1cc2cc(C(F)(F)P(=O)(O)O)ccc2s1)C(=O)N1Cc2ccccc2[C@H]1C(=O)N1Cc2ccccc2C1. The van der Waals surface area contributed by atoms with Gasteiger partial charge in [0.25, 0.3) is 11.8 Å². The van der Waals surface area contributed by atoms with Gasteiger partial charge in [0, 0.05) is 29.9 Å². The Morgan fingerprint density at radius 2 is 1.52 bits per heavy atom. The van der Waals surface area contributed by atoms with Crippen LogP contribution in [0.5, 0.6) is 0 Å². The van der Waals surface area contributed by atoms with Gasteiger partial charge >= 0.3 is 13.3 Å². The van der Waals surface area contributed by atoms with E-state index in [0.29, 0.717) is 17.8 Å². The Kier molecular flexibility index (Phi) is 7.92. The van der Waals surface area contributed by atoms with E-state index in [1.54, 1.807) is 25.7 Å². The van der Waals surface area contributed by atoms with Crippen molar-refractivity contribution in [2.75, 3.05) is 0 Å². The molecule has 0 fully saturated rings. The molecule has 0 spiro atoms. The maximum absolute atomic E-state index is 14.4. The molecule has 9 nitrogen and oxygen atoms in total. The number of nitrogens with zero attached hydrogens (tertiary/aromatic N) is 2. The third-order valence-corrected chi connectivity index (χ3v) is 10.6. The van der Waals surface area contributed by atoms with Crippen molar-refractivity contribution in [1.82, 2.24) is 15.1 Å². The van der Waals surface area contributed by atoms with E-state index >= 15 is 0 Å². The summed E-state index contributed by atoms with van der Waals surface area (Å²) in [5.41, 5.74) is -2.35. The van der Waals surface area contributed by atoms with Crippen molar-refractivity contribution in [2.45, 2.75) is 58.2 Å². The molecule has 3 heterocycles. The molecule has 2 atom stereocenters. The Bertz CT molecular complexity index is 1910. The summed E-state index contributed by atoms with van der Waals surface area (Å²) >= 11 is 0.998. The molecular formula is C33H32F2N3O6PS. The van der Waals surface area contributed by atoms with Crippen LogP contribution in [0.2, 0.25) is 0 Å². The molecule has 240 valence electrons. The first kappa shape index (κ1) is 32.0. The Hall–Kier alpha value is -3.96. The van der Waals surface area contributed by atoms with Gasteiger partial charge in [0.05, 0.1) is 4.88 Å². The molecule has 0 bridgehead atoms. The van der Waals surface area contributed by atoms with Gasteiger partial charge in [-0.05, 0) is 51.3 Å². The molecule has 0 unspecified atom stereocenters. The zero-order valence-corrected chi connectivity index (χ0v) is 26.9. The summed E-state index contributed by atoms with van der Waals surface area (Å²) in [5.74, 6) is -1.26. The van der Waals surface area contributed by atoms with Crippen LogP contribution in [-0.4, -0.2) is 43.4 Å². The van der Waals surface area contributed by atoms with Crippen molar-refractivity contribution in [1.29, 1.82) is 0 Å². The second-order valence-corrected chi connectivity index (χ2v) is 15.5. The number of alkyl halides is 2. The molecule has 6 rings (SSSR count). The third-order valence-electron chi connectivity index (χ3n) is 8.51. The van der Waals surface area contributed by atoms with Gasteiger partial charge in [-0.15, -0.1) is 11.3 Å². The summed E-state index contributed by atoms with van der Waals surface area (Å²) < 4.78 is 40.5. The zero-order valence-electron chi connectivity index (χ0n) is 25.2. The van der Waals surface area contributed by atoms with Crippen LogP contribution in [0.25, 0.3) is 10.1 Å². The summed E-state index contributed by atoms with van der Waals surface area (Å²) in [6.45, 7) is 6.46. The van der Waals surface area contributed by atoms with E-state index in [1.807, 2.05) is 48.5 Å². The lowest BCUT2D eigenvalue weighted by Gasteiger charge is -2.36. The molecule has 3 amide bonds. The van der Waals surface area contributed by atoms with Gasteiger partial charge in [-0.2, -0.15) is 8.78 Å². The summed E-state index contributed by atoms with van der Waals surface area (Å²) in [6.07, 6.45) is 0. The highest BCUT2D eigenvalue weighted by Gasteiger charge is 2.50. The van der Waals surface area contributed by atoms with Crippen LogP contribution < -0.4 is 5.32 Å². The van der Waals surface area contributed by atoms with Gasteiger partial charge < -0.3 is 24.9 Å². The molecule has 0 radical (unpaired) electrons. The number of hydrogen-bond acceptors (Lipinski definition) is 5. The molecule has 2 aliphatic heterocycles. The van der Waals surface area contributed by atoms with E-state index in [-0.39, 0.29) is 22.7 Å². The lowest BCUT2D eigenvalue weighted by atomic mass is 9.85. The average Bonchev–Trinajstić information content (AvgIpc) is 3.72. The number of carbonyl (C=O) groups excluding carboxylic acids is 3. The second-order valence-electron chi connectivity index (χ2n) is 12.8. The number of halogens is 2. The molecule has 1 aromatic heterocycles. The molecule has 0 saturated carbocycles. The fourth-order valence-electron chi connectivity index (χ4n) is 6.05. The molecule has 4 aromatic rings. The van der Waals surface area contributed by atoms with Crippen LogP contribution in [0, 0.1) is 5.41 Å². The van der Waals surface area contributed by atoms with E-state index in [4.69, 9.17) is 9.79 Å². The predicted molar refractivity (Wildman–Crippen MR) is 169 cm³/mol. The van der Waals surface area contributed by atoms with Crippen LogP contribution in [0.3, 0.4) is 0 Å². The molecule has 3 aromatic carbocycles. The fraction of sp³-hybridized carbons (Fsp3) is 0.303. The third kappa shape index (κ3) is 5.64. The number of fused-ring (bicyclic) bond motifs is 3. The van der Waals surface area contributed by atoms with Gasteiger partial charge in [-0.25, -0.2) is 0 Å². The lowest BCUT2D eigenvalue weighted by Crippen LogP contribution is -2.55. The molecule has 13 heteroatoms. The number of carbonyl (C=O) groups is 3. The first-order valence-corrected chi connectivity index (χ1v) is 17.0. The average molecular weight is 668 g/mol. The Morgan fingerprint density at radius 1 is 0.913 bits per heavy atom. The summed E-state index contributed by atoms with van der Waals surface area (Å²) in [5, 5.41) is 3.03. The van der Waals surface area contributed by atoms with Crippen LogP contribution in [0.15, 0.2) is 72.8 Å². The standard InChI is InChI=1S/C33H32F2N3O6PS/c1-32(2,3)28(36-29(39)26-15-22-14-23(12-13-25(22)46-26)33(34,35)45(42,43)44)31(41)38-18-21-10-6-7-11-24(21)27(38)30(40)37-16-19-8-4-5-9-20(19)17-37/h4-15,27-28H,16-18H2,1-3H3,(H,36,39)(H2,42,43,44)/t27-,28+/m0/s1. The van der Waals surface area contributed by atoms with Gasteiger partial charge in [-0.1, -0.05) is 75.4 Å². The van der Waals surface area contributed by atoms with Crippen LogP contribution in [0.1, 0.15) is 64.3 Å². The molecule has 46 heavy (non-hydrogen) atoms. The van der Waals surface area contributed by atoms with E-state index in [1.165, 1.54) is 17.0 Å².